The van der Waals surface area contributed by atoms with Gasteiger partial charge in [0.05, 0.1) is 6.61 Å². The highest BCUT2D eigenvalue weighted by molar-refractivity contribution is 6.61. The van der Waals surface area contributed by atoms with Crippen LogP contribution in [0, 0.1) is 11.3 Å². The normalized spacial score (nSPS) is 13.4. The highest BCUT2D eigenvalue weighted by Gasteiger charge is 2.28. The van der Waals surface area contributed by atoms with Crippen LogP contribution in [-0.4, -0.2) is 23.2 Å². The maximum atomic E-state index is 13.0. The molecule has 6 nitrogen and oxygen atoms in total. The van der Waals surface area contributed by atoms with Crippen LogP contribution >= 0.6 is 0 Å². The summed E-state index contributed by atoms with van der Waals surface area (Å²) >= 11 is 0. The minimum Gasteiger partial charge on any atom is -0.439 e. The van der Waals surface area contributed by atoms with Crippen LogP contribution in [-0.2, 0) is 11.3 Å². The number of nitriles is 1. The Morgan fingerprint density at radius 1 is 1.38 bits per heavy atom. The molecule has 0 spiro atoms. The number of hydrogen-bond acceptors (Lipinski definition) is 6. The molecule has 1 aliphatic heterocycles. The predicted molar refractivity (Wildman–Crippen MR) is 79.1 cm³/mol. The molecule has 0 bridgehead atoms. The summed E-state index contributed by atoms with van der Waals surface area (Å²) in [6.07, 6.45) is -3.47. The Labute approximate surface area is 136 Å². The summed E-state index contributed by atoms with van der Waals surface area (Å²) in [6, 6.07) is 9.27. The Morgan fingerprint density at radius 3 is 2.88 bits per heavy atom. The van der Waals surface area contributed by atoms with Crippen molar-refractivity contribution in [2.75, 3.05) is 0 Å². The van der Waals surface area contributed by atoms with E-state index in [9.17, 15) is 13.8 Å². The van der Waals surface area contributed by atoms with E-state index in [4.69, 9.17) is 14.7 Å². The summed E-state index contributed by atoms with van der Waals surface area (Å²) in [5.41, 5.74) is 1.27. The molecule has 0 aliphatic carbocycles. The quantitative estimate of drug-likeness (QED) is 0.862. The lowest BCUT2D eigenvalue weighted by atomic mass is 9.80. The van der Waals surface area contributed by atoms with Gasteiger partial charge in [-0.2, -0.15) is 19.0 Å². The third-order valence-electron chi connectivity index (χ3n) is 3.23. The van der Waals surface area contributed by atoms with Crippen LogP contribution in [0.5, 0.6) is 17.5 Å². The second kappa shape index (κ2) is 6.07. The zero-order valence-electron chi connectivity index (χ0n) is 12.5. The number of alkyl halides is 2. The summed E-state index contributed by atoms with van der Waals surface area (Å²) in [7, 11) is -0.964. The van der Waals surface area contributed by atoms with Crippen molar-refractivity contribution in [3.05, 3.63) is 41.5 Å². The molecule has 2 aromatic rings. The Balaban J connectivity index is 1.86. The number of ether oxygens (including phenoxy) is 2. The molecule has 122 valence electrons. The third kappa shape index (κ3) is 3.45. The van der Waals surface area contributed by atoms with Crippen molar-refractivity contribution >= 4 is 12.6 Å². The first-order valence-electron chi connectivity index (χ1n) is 6.94. The molecule has 0 saturated heterocycles. The van der Waals surface area contributed by atoms with E-state index in [0.717, 1.165) is 5.56 Å². The summed E-state index contributed by atoms with van der Waals surface area (Å²) in [5, 5.41) is 18.5. The number of rotatable bonds is 4. The van der Waals surface area contributed by atoms with Gasteiger partial charge < -0.3 is 19.2 Å². The lowest BCUT2D eigenvalue weighted by Gasteiger charge is -2.14. The van der Waals surface area contributed by atoms with Gasteiger partial charge >= 0.3 is 13.2 Å². The van der Waals surface area contributed by atoms with Gasteiger partial charge in [-0.25, -0.2) is 0 Å². The fourth-order valence-electron chi connectivity index (χ4n) is 2.20. The van der Waals surface area contributed by atoms with E-state index in [2.05, 4.69) is 9.72 Å². The summed E-state index contributed by atoms with van der Waals surface area (Å²) in [5.74, 6) is -0.132. The Hall–Kier alpha value is -2.70. The lowest BCUT2D eigenvalue weighted by Crippen LogP contribution is -2.27. The number of benzene rings is 1. The first-order valence-corrected chi connectivity index (χ1v) is 6.94. The summed E-state index contributed by atoms with van der Waals surface area (Å²) in [4.78, 5) is 3.81. The molecule has 3 rings (SSSR count). The second-order valence-corrected chi connectivity index (χ2v) is 5.15. The van der Waals surface area contributed by atoms with Crippen molar-refractivity contribution < 1.29 is 27.9 Å². The van der Waals surface area contributed by atoms with Crippen LogP contribution in [0.15, 0.2) is 30.3 Å². The molecular formula is C15H11BF2N2O4. The largest absolute Gasteiger partial charge is 0.491 e. The number of nitrogens with zero attached hydrogens (tertiary/aromatic N) is 2. The van der Waals surface area contributed by atoms with Crippen LogP contribution < -0.4 is 14.9 Å². The Morgan fingerprint density at radius 2 is 2.17 bits per heavy atom. The van der Waals surface area contributed by atoms with Gasteiger partial charge in [0.1, 0.15) is 17.4 Å². The van der Waals surface area contributed by atoms with Gasteiger partial charge in [0.2, 0.25) is 11.8 Å². The summed E-state index contributed by atoms with van der Waals surface area (Å²) < 4.78 is 41.0. The van der Waals surface area contributed by atoms with Crippen molar-refractivity contribution in [2.45, 2.75) is 19.6 Å². The maximum Gasteiger partial charge on any atom is 0.491 e. The van der Waals surface area contributed by atoms with E-state index in [1.54, 1.807) is 24.3 Å². The first-order chi connectivity index (χ1) is 11.4. The number of aromatic nitrogens is 1. The number of hydrogen-bond donors (Lipinski definition) is 1. The zero-order chi connectivity index (χ0) is 17.3. The fraction of sp³-hybridized carbons (Fsp3) is 0.200. The summed E-state index contributed by atoms with van der Waals surface area (Å²) in [6.45, 7) is 0.792. The third-order valence-corrected chi connectivity index (χ3v) is 3.23. The molecule has 1 N–H and O–H groups in total. The van der Waals surface area contributed by atoms with Gasteiger partial charge in [0.25, 0.3) is 0 Å². The molecule has 0 unspecified atom stereocenters. The molecule has 0 radical (unpaired) electrons. The highest BCUT2D eigenvalue weighted by Crippen LogP contribution is 2.28. The van der Waals surface area contributed by atoms with Crippen LogP contribution in [0.1, 0.15) is 18.1 Å². The van der Waals surface area contributed by atoms with Crippen molar-refractivity contribution in [3.63, 3.8) is 0 Å². The smallest absolute Gasteiger partial charge is 0.439 e. The average Bonchev–Trinajstić information content (AvgIpc) is 2.87. The molecule has 0 saturated carbocycles. The highest BCUT2D eigenvalue weighted by atomic mass is 19.3. The Kier molecular flexibility index (Phi) is 4.09. The van der Waals surface area contributed by atoms with Crippen molar-refractivity contribution in [1.29, 1.82) is 5.26 Å². The van der Waals surface area contributed by atoms with Gasteiger partial charge in [-0.3, -0.25) is 0 Å². The molecular weight excluding hydrogens is 321 g/mol. The van der Waals surface area contributed by atoms with Gasteiger partial charge in [-0.05, 0) is 29.2 Å². The predicted octanol–water partition coefficient (Wildman–Crippen LogP) is 1.95. The number of pyridine rings is 1. The van der Waals surface area contributed by atoms with E-state index in [1.165, 1.54) is 12.1 Å². The van der Waals surface area contributed by atoms with Gasteiger partial charge in [-0.15, -0.1) is 0 Å². The molecule has 24 heavy (non-hydrogen) atoms. The molecule has 0 atom stereocenters. The van der Waals surface area contributed by atoms with Gasteiger partial charge in [-0.1, -0.05) is 6.07 Å². The average molecular weight is 332 g/mol. The SMILES string of the molecule is CC(F)(F)Oc1nc(Oc2ccc3c(c2)COB3O)ccc1C#N. The lowest BCUT2D eigenvalue weighted by molar-refractivity contribution is -0.161. The van der Waals surface area contributed by atoms with Crippen LogP contribution in [0.4, 0.5) is 8.78 Å². The van der Waals surface area contributed by atoms with E-state index < -0.39 is 19.1 Å². The van der Waals surface area contributed by atoms with Crippen molar-refractivity contribution in [3.8, 4) is 23.6 Å². The molecule has 1 aromatic heterocycles. The van der Waals surface area contributed by atoms with Crippen molar-refractivity contribution in [2.24, 2.45) is 0 Å². The van der Waals surface area contributed by atoms with E-state index in [-0.39, 0.29) is 18.1 Å². The van der Waals surface area contributed by atoms with E-state index >= 15 is 0 Å². The fourth-order valence-corrected chi connectivity index (χ4v) is 2.20. The van der Waals surface area contributed by atoms with E-state index in [0.29, 0.717) is 18.1 Å². The van der Waals surface area contributed by atoms with Gasteiger partial charge in [0.15, 0.2) is 0 Å². The molecule has 1 aromatic carbocycles. The molecule has 0 amide bonds. The van der Waals surface area contributed by atoms with Crippen LogP contribution in [0.2, 0.25) is 0 Å². The second-order valence-electron chi connectivity index (χ2n) is 5.15. The van der Waals surface area contributed by atoms with Crippen LogP contribution in [0.25, 0.3) is 0 Å². The first kappa shape index (κ1) is 16.2. The minimum absolute atomic E-state index is 0.00679. The minimum atomic E-state index is -3.47. The molecule has 1 aliphatic rings. The number of halogens is 2. The monoisotopic (exact) mass is 332 g/mol. The van der Waals surface area contributed by atoms with Gasteiger partial charge in [0, 0.05) is 13.0 Å². The van der Waals surface area contributed by atoms with E-state index in [1.807, 2.05) is 0 Å². The molecule has 0 fully saturated rings. The standard InChI is InChI=1S/C15H11BF2N2O4/c1-15(17,18)24-14-9(7-19)2-5-13(20-14)23-11-3-4-12-10(6-11)8-22-16(12)21/h2-6,21H,8H2,1H3. The number of fused-ring (bicyclic) bond motifs is 1. The Bertz CT molecular complexity index is 820. The molecule has 2 heterocycles. The molecule has 9 heteroatoms. The zero-order valence-corrected chi connectivity index (χ0v) is 12.5. The van der Waals surface area contributed by atoms with Crippen molar-refractivity contribution in [1.82, 2.24) is 4.98 Å². The maximum absolute atomic E-state index is 13.0. The topological polar surface area (TPSA) is 84.6 Å². The van der Waals surface area contributed by atoms with Crippen LogP contribution in [0.3, 0.4) is 0 Å².